The number of nitrogens with two attached hydrogens (primary N) is 1. The molecule has 2 aromatic rings. The number of fused-ring (bicyclic) bond motifs is 3. The van der Waals surface area contributed by atoms with Gasteiger partial charge in [0.15, 0.2) is 0 Å². The Kier molecular flexibility index (Phi) is 3.10. The first kappa shape index (κ1) is 14.1. The molecule has 2 unspecified atom stereocenters. The van der Waals surface area contributed by atoms with E-state index < -0.39 is 5.97 Å². The average molecular weight is 286 g/mol. The number of carbonyl (C=O) groups is 1. The third-order valence-corrected chi connectivity index (χ3v) is 4.50. The molecule has 1 aromatic carbocycles. The Hall–Kier alpha value is -1.81. The minimum absolute atomic E-state index is 0.0840. The largest absolute Gasteiger partial charge is 0.481 e. The summed E-state index contributed by atoms with van der Waals surface area (Å²) in [7, 11) is 0. The highest BCUT2D eigenvalue weighted by Gasteiger charge is 2.32. The normalized spacial score (nSPS) is 22.3. The maximum absolute atomic E-state index is 11.2. The summed E-state index contributed by atoms with van der Waals surface area (Å²) in [6.45, 7) is 6.56. The van der Waals surface area contributed by atoms with Gasteiger partial charge < -0.3 is 15.8 Å². The Labute approximate surface area is 124 Å². The van der Waals surface area contributed by atoms with E-state index in [1.54, 1.807) is 0 Å². The highest BCUT2D eigenvalue weighted by atomic mass is 16.4. The summed E-state index contributed by atoms with van der Waals surface area (Å²) in [6.07, 6.45) is 1.05. The lowest BCUT2D eigenvalue weighted by Crippen LogP contribution is -2.28. The molecule has 0 spiro atoms. The predicted octanol–water partition coefficient (Wildman–Crippen LogP) is 3.11. The van der Waals surface area contributed by atoms with Gasteiger partial charge in [0.25, 0.3) is 0 Å². The number of aromatic amines is 1. The van der Waals surface area contributed by atoms with Crippen molar-refractivity contribution >= 4 is 16.9 Å². The number of aliphatic carboxylic acids is 1. The van der Waals surface area contributed by atoms with Crippen LogP contribution in [-0.4, -0.2) is 16.1 Å². The molecule has 21 heavy (non-hydrogen) atoms. The Balaban J connectivity index is 2.14. The SMILES string of the molecule is CC(C)(C)c1ccc2[nH]c3c(c2c1)C(N)CC(C(=O)O)C3. The summed E-state index contributed by atoms with van der Waals surface area (Å²) in [5.74, 6) is -1.15. The van der Waals surface area contributed by atoms with E-state index in [-0.39, 0.29) is 17.4 Å². The molecule has 112 valence electrons. The number of nitrogens with one attached hydrogen (secondary N) is 1. The van der Waals surface area contributed by atoms with E-state index in [4.69, 9.17) is 5.73 Å². The minimum Gasteiger partial charge on any atom is -0.481 e. The highest BCUT2D eigenvalue weighted by molar-refractivity contribution is 5.87. The quantitative estimate of drug-likeness (QED) is 0.753. The maximum atomic E-state index is 11.2. The van der Waals surface area contributed by atoms with Crippen molar-refractivity contribution in [1.82, 2.24) is 4.98 Å². The van der Waals surface area contributed by atoms with E-state index in [1.165, 1.54) is 5.56 Å². The number of benzene rings is 1. The zero-order chi connectivity index (χ0) is 15.4. The van der Waals surface area contributed by atoms with Gasteiger partial charge in [-0.2, -0.15) is 0 Å². The number of H-pyrrole nitrogens is 1. The number of aromatic nitrogens is 1. The van der Waals surface area contributed by atoms with E-state index in [1.807, 2.05) is 0 Å². The van der Waals surface area contributed by atoms with Crippen molar-refractivity contribution in [2.45, 2.75) is 45.1 Å². The van der Waals surface area contributed by atoms with E-state index in [9.17, 15) is 9.90 Å². The van der Waals surface area contributed by atoms with Crippen molar-refractivity contribution in [3.8, 4) is 0 Å². The van der Waals surface area contributed by atoms with Gasteiger partial charge in [0.1, 0.15) is 0 Å². The summed E-state index contributed by atoms with van der Waals surface area (Å²) in [5, 5.41) is 10.4. The standard InChI is InChI=1S/C17H22N2O2/c1-17(2,3)10-4-5-13-11(8-10)15-12(18)6-9(16(20)21)7-14(15)19-13/h4-5,8-9,12,19H,6-7,18H2,1-3H3,(H,20,21). The van der Waals surface area contributed by atoms with Gasteiger partial charge >= 0.3 is 5.97 Å². The first-order valence-corrected chi connectivity index (χ1v) is 7.40. The van der Waals surface area contributed by atoms with Crippen LogP contribution in [0.1, 0.15) is 50.1 Å². The molecule has 1 heterocycles. The lowest BCUT2D eigenvalue weighted by atomic mass is 9.82. The number of hydrogen-bond donors (Lipinski definition) is 3. The van der Waals surface area contributed by atoms with E-state index in [2.05, 4.69) is 44.0 Å². The number of hydrogen-bond acceptors (Lipinski definition) is 2. The highest BCUT2D eigenvalue weighted by Crippen LogP contribution is 2.38. The van der Waals surface area contributed by atoms with E-state index in [0.717, 1.165) is 22.2 Å². The second-order valence-electron chi connectivity index (χ2n) is 7.11. The number of rotatable bonds is 1. The minimum atomic E-state index is -0.759. The molecule has 4 heteroatoms. The van der Waals surface area contributed by atoms with Crippen LogP contribution in [0.4, 0.5) is 0 Å². The lowest BCUT2D eigenvalue weighted by Gasteiger charge is -2.25. The first-order chi connectivity index (χ1) is 9.77. The third-order valence-electron chi connectivity index (χ3n) is 4.50. The maximum Gasteiger partial charge on any atom is 0.306 e. The Morgan fingerprint density at radius 2 is 2.10 bits per heavy atom. The van der Waals surface area contributed by atoms with Gasteiger partial charge in [0, 0.05) is 29.1 Å². The fraction of sp³-hybridized carbons (Fsp3) is 0.471. The monoisotopic (exact) mass is 286 g/mol. The molecular formula is C17H22N2O2. The van der Waals surface area contributed by atoms with Crippen LogP contribution < -0.4 is 5.73 Å². The molecule has 0 fully saturated rings. The lowest BCUT2D eigenvalue weighted by molar-refractivity contribution is -0.142. The number of carboxylic acid groups (broad SMARTS) is 1. The fourth-order valence-corrected chi connectivity index (χ4v) is 3.26. The van der Waals surface area contributed by atoms with Crippen LogP contribution in [-0.2, 0) is 16.6 Å². The molecule has 1 aliphatic rings. The molecule has 0 bridgehead atoms. The van der Waals surface area contributed by atoms with Gasteiger partial charge in [0.2, 0.25) is 0 Å². The topological polar surface area (TPSA) is 79.1 Å². The summed E-state index contributed by atoms with van der Waals surface area (Å²) < 4.78 is 0. The summed E-state index contributed by atoms with van der Waals surface area (Å²) in [4.78, 5) is 14.6. The Bertz CT molecular complexity index is 709. The summed E-state index contributed by atoms with van der Waals surface area (Å²) in [5.41, 5.74) is 10.8. The third kappa shape index (κ3) is 2.33. The van der Waals surface area contributed by atoms with Crippen LogP contribution in [0.25, 0.3) is 10.9 Å². The van der Waals surface area contributed by atoms with E-state index >= 15 is 0 Å². The van der Waals surface area contributed by atoms with Crippen molar-refractivity contribution in [2.75, 3.05) is 0 Å². The molecule has 1 aliphatic carbocycles. The molecule has 0 saturated carbocycles. The van der Waals surface area contributed by atoms with Crippen LogP contribution in [0, 0.1) is 5.92 Å². The van der Waals surface area contributed by atoms with Gasteiger partial charge in [-0.1, -0.05) is 26.8 Å². The van der Waals surface area contributed by atoms with E-state index in [0.29, 0.717) is 12.8 Å². The Morgan fingerprint density at radius 1 is 1.38 bits per heavy atom. The van der Waals surface area contributed by atoms with Gasteiger partial charge in [0.05, 0.1) is 5.92 Å². The molecule has 0 amide bonds. The molecule has 0 radical (unpaired) electrons. The molecular weight excluding hydrogens is 264 g/mol. The second kappa shape index (κ2) is 4.60. The van der Waals surface area contributed by atoms with Crippen LogP contribution >= 0.6 is 0 Å². The molecule has 2 atom stereocenters. The van der Waals surface area contributed by atoms with Gasteiger partial charge in [-0.3, -0.25) is 4.79 Å². The fourth-order valence-electron chi connectivity index (χ4n) is 3.26. The zero-order valence-electron chi connectivity index (χ0n) is 12.7. The predicted molar refractivity (Wildman–Crippen MR) is 83.4 cm³/mol. The smallest absolute Gasteiger partial charge is 0.306 e. The average Bonchev–Trinajstić information content (AvgIpc) is 2.75. The van der Waals surface area contributed by atoms with Crippen molar-refractivity contribution < 1.29 is 9.90 Å². The molecule has 4 nitrogen and oxygen atoms in total. The summed E-state index contributed by atoms with van der Waals surface area (Å²) >= 11 is 0. The van der Waals surface area contributed by atoms with Crippen molar-refractivity contribution in [1.29, 1.82) is 0 Å². The van der Waals surface area contributed by atoms with Crippen LogP contribution in [0.15, 0.2) is 18.2 Å². The van der Waals surface area contributed by atoms with Gasteiger partial charge in [-0.25, -0.2) is 0 Å². The molecule has 3 rings (SSSR count). The van der Waals surface area contributed by atoms with Crippen molar-refractivity contribution in [2.24, 2.45) is 11.7 Å². The van der Waals surface area contributed by atoms with Crippen molar-refractivity contribution in [3.05, 3.63) is 35.0 Å². The zero-order valence-corrected chi connectivity index (χ0v) is 12.7. The number of carboxylic acids is 1. The Morgan fingerprint density at radius 3 is 2.71 bits per heavy atom. The summed E-state index contributed by atoms with van der Waals surface area (Å²) in [6, 6.07) is 6.20. The molecule has 0 aliphatic heterocycles. The molecule has 0 saturated heterocycles. The van der Waals surface area contributed by atoms with Crippen LogP contribution in [0.2, 0.25) is 0 Å². The molecule has 1 aromatic heterocycles. The van der Waals surface area contributed by atoms with Crippen LogP contribution in [0.3, 0.4) is 0 Å². The van der Waals surface area contributed by atoms with Gasteiger partial charge in [-0.15, -0.1) is 0 Å². The van der Waals surface area contributed by atoms with Crippen LogP contribution in [0.5, 0.6) is 0 Å². The van der Waals surface area contributed by atoms with Gasteiger partial charge in [-0.05, 0) is 35.1 Å². The second-order valence-corrected chi connectivity index (χ2v) is 7.11. The first-order valence-electron chi connectivity index (χ1n) is 7.40. The molecule has 4 N–H and O–H groups in total. The van der Waals surface area contributed by atoms with Crippen molar-refractivity contribution in [3.63, 3.8) is 0 Å².